The van der Waals surface area contributed by atoms with Crippen LogP contribution in [0.25, 0.3) is 0 Å². The van der Waals surface area contributed by atoms with E-state index in [1.54, 1.807) is 0 Å². The number of rotatable bonds is 2. The van der Waals surface area contributed by atoms with Crippen LogP contribution in [0.5, 0.6) is 0 Å². The summed E-state index contributed by atoms with van der Waals surface area (Å²) in [5.41, 5.74) is 0. The van der Waals surface area contributed by atoms with Gasteiger partial charge in [-0.25, -0.2) is 0 Å². The highest BCUT2D eigenvalue weighted by Gasteiger charge is 2.21. The van der Waals surface area contributed by atoms with Gasteiger partial charge >= 0.3 is 0 Å². The van der Waals surface area contributed by atoms with Crippen molar-refractivity contribution < 1.29 is 0 Å². The third-order valence-electron chi connectivity index (χ3n) is 2.11. The first-order chi connectivity index (χ1) is 4.36. The monoisotopic (exact) mass is 144 g/mol. The summed E-state index contributed by atoms with van der Waals surface area (Å²) in [6.07, 6.45) is 5.70. The van der Waals surface area contributed by atoms with E-state index in [-0.39, 0.29) is 0 Å². The quantitative estimate of drug-likeness (QED) is 0.574. The molecule has 0 unspecified atom stereocenters. The topological polar surface area (TPSA) is 0 Å². The molecule has 0 N–H and O–H groups in total. The molecule has 0 spiro atoms. The minimum Gasteiger partial charge on any atom is -0.155 e. The van der Waals surface area contributed by atoms with E-state index < -0.39 is 0 Å². The minimum atomic E-state index is 0.995. The molecule has 2 atom stereocenters. The maximum absolute atomic E-state index is 2.30. The van der Waals surface area contributed by atoms with Crippen molar-refractivity contribution >= 4 is 11.8 Å². The molecule has 0 aliphatic carbocycles. The van der Waals surface area contributed by atoms with Gasteiger partial charge in [0, 0.05) is 10.5 Å². The van der Waals surface area contributed by atoms with Gasteiger partial charge in [-0.05, 0) is 25.7 Å². The van der Waals surface area contributed by atoms with Gasteiger partial charge in [0.2, 0.25) is 0 Å². The van der Waals surface area contributed by atoms with Crippen molar-refractivity contribution in [3.63, 3.8) is 0 Å². The van der Waals surface area contributed by atoms with Crippen LogP contribution >= 0.6 is 11.8 Å². The number of thioether (sulfide) groups is 1. The van der Waals surface area contributed by atoms with E-state index in [1.807, 2.05) is 0 Å². The molecule has 1 heterocycles. The zero-order chi connectivity index (χ0) is 6.69. The summed E-state index contributed by atoms with van der Waals surface area (Å²) in [6.45, 7) is 4.60. The summed E-state index contributed by atoms with van der Waals surface area (Å²) in [5.74, 6) is 0. The molecule has 0 aromatic rings. The first-order valence-corrected chi connectivity index (χ1v) is 4.96. The Kier molecular flexibility index (Phi) is 2.90. The first-order valence-electron chi connectivity index (χ1n) is 4.02. The summed E-state index contributed by atoms with van der Waals surface area (Å²) < 4.78 is 0. The molecule has 1 saturated heterocycles. The lowest BCUT2D eigenvalue weighted by Crippen LogP contribution is -1.93. The van der Waals surface area contributed by atoms with Crippen LogP contribution in [0.15, 0.2) is 0 Å². The van der Waals surface area contributed by atoms with Crippen LogP contribution < -0.4 is 0 Å². The molecule has 9 heavy (non-hydrogen) atoms. The third-order valence-corrected chi connectivity index (χ3v) is 4.01. The van der Waals surface area contributed by atoms with E-state index in [0.717, 1.165) is 10.5 Å². The summed E-state index contributed by atoms with van der Waals surface area (Å²) in [7, 11) is 0. The molecule has 0 saturated carbocycles. The first kappa shape index (κ1) is 7.46. The second kappa shape index (κ2) is 3.50. The van der Waals surface area contributed by atoms with Crippen LogP contribution in [0.2, 0.25) is 0 Å². The van der Waals surface area contributed by atoms with Gasteiger partial charge in [-0.1, -0.05) is 13.8 Å². The highest BCUT2D eigenvalue weighted by molar-refractivity contribution is 8.00. The molecular weight excluding hydrogens is 128 g/mol. The molecule has 1 aliphatic heterocycles. The molecule has 1 rings (SSSR count). The van der Waals surface area contributed by atoms with Crippen LogP contribution in [0.1, 0.15) is 39.5 Å². The van der Waals surface area contributed by atoms with E-state index >= 15 is 0 Å². The second-order valence-corrected chi connectivity index (χ2v) is 4.38. The summed E-state index contributed by atoms with van der Waals surface area (Å²) >= 11 is 2.21. The molecule has 0 aromatic carbocycles. The Morgan fingerprint density at radius 1 is 1.11 bits per heavy atom. The van der Waals surface area contributed by atoms with Gasteiger partial charge in [-0.2, -0.15) is 11.8 Å². The lowest BCUT2D eigenvalue weighted by molar-refractivity contribution is 0.696. The van der Waals surface area contributed by atoms with Crippen molar-refractivity contribution in [2.24, 2.45) is 0 Å². The van der Waals surface area contributed by atoms with E-state index in [4.69, 9.17) is 0 Å². The Morgan fingerprint density at radius 3 is 1.78 bits per heavy atom. The van der Waals surface area contributed by atoms with Crippen molar-refractivity contribution in [3.05, 3.63) is 0 Å². The van der Waals surface area contributed by atoms with Crippen molar-refractivity contribution in [1.29, 1.82) is 0 Å². The predicted octanol–water partition coefficient (Wildman–Crippen LogP) is 3.07. The minimum absolute atomic E-state index is 0.995. The van der Waals surface area contributed by atoms with Gasteiger partial charge in [0.05, 0.1) is 0 Å². The molecule has 54 valence electrons. The fourth-order valence-electron chi connectivity index (χ4n) is 1.38. The second-order valence-electron chi connectivity index (χ2n) is 2.77. The molecule has 0 aromatic heterocycles. The summed E-state index contributed by atoms with van der Waals surface area (Å²) in [5, 5.41) is 1.99. The fourth-order valence-corrected chi connectivity index (χ4v) is 2.85. The molecule has 0 nitrogen and oxygen atoms in total. The predicted molar refractivity (Wildman–Crippen MR) is 45.0 cm³/mol. The molecular formula is C8H16S. The van der Waals surface area contributed by atoms with Gasteiger partial charge in [-0.3, -0.25) is 0 Å². The fraction of sp³-hybridized carbons (Fsp3) is 1.00. The maximum atomic E-state index is 2.30. The molecule has 0 radical (unpaired) electrons. The zero-order valence-corrected chi connectivity index (χ0v) is 7.21. The van der Waals surface area contributed by atoms with E-state index in [2.05, 4.69) is 25.6 Å². The van der Waals surface area contributed by atoms with Crippen molar-refractivity contribution in [3.8, 4) is 0 Å². The van der Waals surface area contributed by atoms with Crippen LogP contribution in [-0.4, -0.2) is 10.5 Å². The lowest BCUT2D eigenvalue weighted by Gasteiger charge is -2.05. The van der Waals surface area contributed by atoms with E-state index in [1.165, 1.54) is 25.7 Å². The SMILES string of the molecule is CC[C@@H]1CC[C@@H](CC)S1. The van der Waals surface area contributed by atoms with Gasteiger partial charge in [0.15, 0.2) is 0 Å². The smallest absolute Gasteiger partial charge is 0.00476 e. The highest BCUT2D eigenvalue weighted by atomic mass is 32.2. The summed E-state index contributed by atoms with van der Waals surface area (Å²) in [6, 6.07) is 0. The molecule has 0 bridgehead atoms. The Labute approximate surface area is 62.4 Å². The Bertz CT molecular complexity index is 70.6. The summed E-state index contributed by atoms with van der Waals surface area (Å²) in [4.78, 5) is 0. The molecule has 1 fully saturated rings. The number of hydrogen-bond donors (Lipinski definition) is 0. The van der Waals surface area contributed by atoms with Gasteiger partial charge < -0.3 is 0 Å². The Morgan fingerprint density at radius 2 is 1.56 bits per heavy atom. The van der Waals surface area contributed by atoms with Crippen molar-refractivity contribution in [1.82, 2.24) is 0 Å². The number of hydrogen-bond acceptors (Lipinski definition) is 1. The standard InChI is InChI=1S/C8H16S/c1-3-7-5-6-8(4-2)9-7/h7-8H,3-6H2,1-2H3/t7-,8-/m1/s1. The van der Waals surface area contributed by atoms with Crippen LogP contribution in [0, 0.1) is 0 Å². The zero-order valence-electron chi connectivity index (χ0n) is 6.39. The van der Waals surface area contributed by atoms with Crippen molar-refractivity contribution in [2.45, 2.75) is 50.0 Å². The largest absolute Gasteiger partial charge is 0.155 e. The maximum Gasteiger partial charge on any atom is 0.00476 e. The van der Waals surface area contributed by atoms with Crippen LogP contribution in [0.4, 0.5) is 0 Å². The van der Waals surface area contributed by atoms with Gasteiger partial charge in [-0.15, -0.1) is 0 Å². The molecule has 1 aliphatic rings. The lowest BCUT2D eigenvalue weighted by atomic mass is 10.1. The Hall–Kier alpha value is 0.350. The van der Waals surface area contributed by atoms with Crippen LogP contribution in [0.3, 0.4) is 0 Å². The third kappa shape index (κ3) is 1.89. The van der Waals surface area contributed by atoms with E-state index in [0.29, 0.717) is 0 Å². The molecule has 1 heteroatoms. The normalized spacial score (nSPS) is 35.3. The van der Waals surface area contributed by atoms with Crippen LogP contribution in [-0.2, 0) is 0 Å². The van der Waals surface area contributed by atoms with Gasteiger partial charge in [0.1, 0.15) is 0 Å². The average molecular weight is 144 g/mol. The van der Waals surface area contributed by atoms with Crippen molar-refractivity contribution in [2.75, 3.05) is 0 Å². The van der Waals surface area contributed by atoms with Gasteiger partial charge in [0.25, 0.3) is 0 Å². The Balaban J connectivity index is 2.20. The molecule has 0 amide bonds. The van der Waals surface area contributed by atoms with E-state index in [9.17, 15) is 0 Å². The highest BCUT2D eigenvalue weighted by Crippen LogP contribution is 2.36. The average Bonchev–Trinajstić information content (AvgIpc) is 2.34.